The number of fused-ring (bicyclic) bond motifs is 4. The Morgan fingerprint density at radius 2 is 1.84 bits per heavy atom. The third kappa shape index (κ3) is 2.55. The smallest absolute Gasteiger partial charge is 0.179 e. The average molecular weight is 336 g/mol. The molecular weight excluding hydrogens is 308 g/mol. The zero-order chi connectivity index (χ0) is 16.8. The maximum absolute atomic E-state index is 12.8. The van der Waals surface area contributed by atoms with Gasteiger partial charge in [-0.05, 0) is 69.2 Å². The summed E-state index contributed by atoms with van der Waals surface area (Å²) in [5.41, 5.74) is 3.65. The van der Waals surface area contributed by atoms with Crippen LogP contribution in [0.4, 0.5) is 0 Å². The molecule has 2 saturated heterocycles. The molecule has 3 nitrogen and oxygen atoms in total. The van der Waals surface area contributed by atoms with Crippen LogP contribution in [0.15, 0.2) is 24.3 Å². The maximum Gasteiger partial charge on any atom is 0.179 e. The van der Waals surface area contributed by atoms with Crippen LogP contribution in [0, 0.1) is 5.92 Å². The molecule has 0 saturated carbocycles. The number of carbonyl (C=O) groups excluding carboxylic acids is 1. The molecule has 2 fully saturated rings. The van der Waals surface area contributed by atoms with E-state index < -0.39 is 0 Å². The van der Waals surface area contributed by atoms with Gasteiger partial charge in [-0.3, -0.25) is 4.79 Å². The van der Waals surface area contributed by atoms with Gasteiger partial charge in [0, 0.05) is 29.9 Å². The Morgan fingerprint density at radius 3 is 2.80 bits per heavy atom. The number of nitrogens with zero attached hydrogens (tertiary/aromatic N) is 2. The number of piperidine rings is 2. The summed E-state index contributed by atoms with van der Waals surface area (Å²) in [4.78, 5) is 15.5. The predicted molar refractivity (Wildman–Crippen MR) is 101 cm³/mol. The van der Waals surface area contributed by atoms with Gasteiger partial charge in [0.2, 0.25) is 0 Å². The largest absolute Gasteiger partial charge is 0.338 e. The van der Waals surface area contributed by atoms with E-state index in [9.17, 15) is 4.79 Å². The Kier molecular flexibility index (Phi) is 3.93. The lowest BCUT2D eigenvalue weighted by Gasteiger charge is -2.44. The molecule has 3 heteroatoms. The minimum Gasteiger partial charge on any atom is -0.338 e. The van der Waals surface area contributed by atoms with Crippen molar-refractivity contribution in [2.24, 2.45) is 5.92 Å². The van der Waals surface area contributed by atoms with Gasteiger partial charge in [-0.15, -0.1) is 0 Å². The molecule has 1 aromatic carbocycles. The van der Waals surface area contributed by atoms with E-state index in [-0.39, 0.29) is 0 Å². The van der Waals surface area contributed by atoms with Crippen molar-refractivity contribution in [1.82, 2.24) is 9.47 Å². The molecule has 0 spiro atoms. The molecule has 2 unspecified atom stereocenters. The average Bonchev–Trinajstić information content (AvgIpc) is 2.98. The normalized spacial score (nSPS) is 27.3. The SMILES string of the molecule is O=C1CCCc2c1n(CC1CCCN3CCCCC13)c1ccccc21. The first-order valence-electron chi connectivity index (χ1n) is 10.2. The predicted octanol–water partition coefficient (Wildman–Crippen LogP) is 4.42. The fraction of sp³-hybridized carbons (Fsp3) is 0.591. The zero-order valence-electron chi connectivity index (χ0n) is 15.0. The van der Waals surface area contributed by atoms with Crippen molar-refractivity contribution < 1.29 is 4.79 Å². The van der Waals surface area contributed by atoms with E-state index in [1.807, 2.05) is 0 Å². The van der Waals surface area contributed by atoms with Crippen molar-refractivity contribution in [1.29, 1.82) is 0 Å². The second kappa shape index (κ2) is 6.28. The van der Waals surface area contributed by atoms with Gasteiger partial charge in [-0.1, -0.05) is 24.6 Å². The second-order valence-electron chi connectivity index (χ2n) is 8.23. The lowest BCUT2D eigenvalue weighted by atomic mass is 9.83. The lowest BCUT2D eigenvalue weighted by Crippen LogP contribution is -2.49. The third-order valence-corrected chi connectivity index (χ3v) is 6.82. The number of benzene rings is 1. The number of Topliss-reactive ketones (excluding diaryl/α,β-unsaturated/α-hetero) is 1. The summed E-state index contributed by atoms with van der Waals surface area (Å²) >= 11 is 0. The fourth-order valence-corrected chi connectivity index (χ4v) is 5.71. The van der Waals surface area contributed by atoms with Crippen LogP contribution in [0.25, 0.3) is 10.9 Å². The summed E-state index contributed by atoms with van der Waals surface area (Å²) in [6.07, 6.45) is 9.52. The van der Waals surface area contributed by atoms with Crippen LogP contribution in [0.5, 0.6) is 0 Å². The molecule has 2 atom stereocenters. The van der Waals surface area contributed by atoms with Crippen LogP contribution in [0.2, 0.25) is 0 Å². The summed E-state index contributed by atoms with van der Waals surface area (Å²) in [6.45, 7) is 3.60. The minimum absolute atomic E-state index is 0.369. The van der Waals surface area contributed by atoms with Crippen LogP contribution in [-0.4, -0.2) is 34.4 Å². The molecule has 3 aliphatic rings. The number of rotatable bonds is 2. The van der Waals surface area contributed by atoms with Crippen LogP contribution in [0.1, 0.15) is 61.0 Å². The standard InChI is InChI=1S/C22H28N2O/c25-21-12-5-9-18-17-8-1-2-11-20(17)24(22(18)21)15-16-7-6-14-23-13-4-3-10-19(16)23/h1-2,8,11,16,19H,3-7,9-10,12-15H2. The quantitative estimate of drug-likeness (QED) is 0.811. The molecule has 132 valence electrons. The number of hydrogen-bond donors (Lipinski definition) is 0. The minimum atomic E-state index is 0.369. The molecule has 0 amide bonds. The van der Waals surface area contributed by atoms with Gasteiger partial charge in [0.25, 0.3) is 0 Å². The van der Waals surface area contributed by atoms with Crippen molar-refractivity contribution in [3.63, 3.8) is 0 Å². The van der Waals surface area contributed by atoms with E-state index in [1.54, 1.807) is 0 Å². The topological polar surface area (TPSA) is 25.2 Å². The fourth-order valence-electron chi connectivity index (χ4n) is 5.71. The molecule has 2 aromatic rings. The van der Waals surface area contributed by atoms with Crippen LogP contribution in [-0.2, 0) is 13.0 Å². The highest BCUT2D eigenvalue weighted by atomic mass is 16.1. The highest BCUT2D eigenvalue weighted by molar-refractivity contribution is 6.04. The Morgan fingerprint density at radius 1 is 0.960 bits per heavy atom. The first-order chi connectivity index (χ1) is 12.3. The van der Waals surface area contributed by atoms with Crippen molar-refractivity contribution in [3.8, 4) is 0 Å². The van der Waals surface area contributed by atoms with E-state index in [0.717, 1.165) is 37.5 Å². The van der Waals surface area contributed by atoms with Crippen LogP contribution in [0.3, 0.4) is 0 Å². The van der Waals surface area contributed by atoms with Gasteiger partial charge in [0.15, 0.2) is 5.78 Å². The zero-order valence-corrected chi connectivity index (χ0v) is 15.0. The molecule has 1 aromatic heterocycles. The molecule has 25 heavy (non-hydrogen) atoms. The van der Waals surface area contributed by atoms with Gasteiger partial charge in [-0.2, -0.15) is 0 Å². The van der Waals surface area contributed by atoms with E-state index in [4.69, 9.17) is 0 Å². The number of hydrogen-bond acceptors (Lipinski definition) is 2. The molecule has 0 radical (unpaired) electrons. The number of aryl methyl sites for hydroxylation is 1. The highest BCUT2D eigenvalue weighted by Gasteiger charge is 2.35. The summed E-state index contributed by atoms with van der Waals surface area (Å²) in [5.74, 6) is 1.07. The summed E-state index contributed by atoms with van der Waals surface area (Å²) in [5, 5.41) is 1.32. The molecule has 0 bridgehead atoms. The van der Waals surface area contributed by atoms with Gasteiger partial charge >= 0.3 is 0 Å². The summed E-state index contributed by atoms with van der Waals surface area (Å²) in [6, 6.07) is 9.43. The van der Waals surface area contributed by atoms with Crippen LogP contribution < -0.4 is 0 Å². The van der Waals surface area contributed by atoms with Crippen LogP contribution >= 0.6 is 0 Å². The molecule has 2 aliphatic heterocycles. The first-order valence-corrected chi connectivity index (χ1v) is 10.2. The number of ketones is 1. The Balaban J connectivity index is 1.56. The Labute approximate surface area is 150 Å². The third-order valence-electron chi connectivity index (χ3n) is 6.82. The Bertz CT molecular complexity index is 804. The molecule has 3 heterocycles. The summed E-state index contributed by atoms with van der Waals surface area (Å²) < 4.78 is 2.41. The maximum atomic E-state index is 12.8. The molecule has 1 aliphatic carbocycles. The molecular formula is C22H28N2O. The lowest BCUT2D eigenvalue weighted by molar-refractivity contribution is 0.0519. The monoisotopic (exact) mass is 336 g/mol. The molecule has 5 rings (SSSR count). The van der Waals surface area contributed by atoms with Crippen molar-refractivity contribution in [3.05, 3.63) is 35.5 Å². The van der Waals surface area contributed by atoms with Gasteiger partial charge in [0.05, 0.1) is 5.69 Å². The van der Waals surface area contributed by atoms with E-state index in [0.29, 0.717) is 11.7 Å². The van der Waals surface area contributed by atoms with E-state index in [2.05, 4.69) is 33.7 Å². The highest BCUT2D eigenvalue weighted by Crippen LogP contribution is 2.36. The number of aromatic nitrogens is 1. The van der Waals surface area contributed by atoms with E-state index in [1.165, 1.54) is 61.7 Å². The van der Waals surface area contributed by atoms with Crippen molar-refractivity contribution >= 4 is 16.7 Å². The number of para-hydroxylation sites is 1. The van der Waals surface area contributed by atoms with Crippen molar-refractivity contribution in [2.75, 3.05) is 13.1 Å². The van der Waals surface area contributed by atoms with Crippen molar-refractivity contribution in [2.45, 2.75) is 64.0 Å². The van der Waals surface area contributed by atoms with Gasteiger partial charge < -0.3 is 9.47 Å². The van der Waals surface area contributed by atoms with Gasteiger partial charge in [0.1, 0.15) is 0 Å². The second-order valence-corrected chi connectivity index (χ2v) is 8.23. The summed E-state index contributed by atoms with van der Waals surface area (Å²) in [7, 11) is 0. The van der Waals surface area contributed by atoms with E-state index >= 15 is 0 Å². The number of carbonyl (C=O) groups is 1. The first kappa shape index (κ1) is 15.6. The Hall–Kier alpha value is -1.61. The van der Waals surface area contributed by atoms with Gasteiger partial charge in [-0.25, -0.2) is 0 Å². The molecule has 0 N–H and O–H groups in total.